The predicted octanol–water partition coefficient (Wildman–Crippen LogP) is 1.15. The van der Waals surface area contributed by atoms with Gasteiger partial charge in [-0.05, 0) is 48.0 Å². The van der Waals surface area contributed by atoms with Crippen LogP contribution in [0, 0.1) is 0 Å². The highest BCUT2D eigenvalue weighted by Gasteiger charge is 2.32. The lowest BCUT2D eigenvalue weighted by Crippen LogP contribution is -2.44. The molecule has 238 valence electrons. The summed E-state index contributed by atoms with van der Waals surface area (Å²) in [6, 6.07) is 9.79. The highest BCUT2D eigenvalue weighted by atomic mass is 35.5. The molecular weight excluding hydrogens is 621 g/mol. The molecule has 0 spiro atoms. The molecule has 2 heterocycles. The Morgan fingerprint density at radius 2 is 1.79 bits per heavy atom. The number of hydrogen-bond acceptors (Lipinski definition) is 11. The van der Waals surface area contributed by atoms with Crippen molar-refractivity contribution in [2.75, 3.05) is 72.9 Å². The summed E-state index contributed by atoms with van der Waals surface area (Å²) in [7, 11) is -1.73. The van der Waals surface area contributed by atoms with Crippen LogP contribution in [0.15, 0.2) is 41.3 Å². The summed E-state index contributed by atoms with van der Waals surface area (Å²) in [5.74, 6) is -0.0667. The topological polar surface area (TPSA) is 142 Å². The Hall–Kier alpha value is -1.72. The summed E-state index contributed by atoms with van der Waals surface area (Å²) in [6.45, 7) is 3.87. The fourth-order valence-corrected chi connectivity index (χ4v) is 6.79. The van der Waals surface area contributed by atoms with Crippen molar-refractivity contribution in [3.63, 3.8) is 0 Å². The van der Waals surface area contributed by atoms with Gasteiger partial charge in [0, 0.05) is 42.1 Å². The summed E-state index contributed by atoms with van der Waals surface area (Å²) in [5, 5.41) is 12.3. The van der Waals surface area contributed by atoms with Crippen LogP contribution >= 0.6 is 23.2 Å². The smallest absolute Gasteiger partial charge is 0.240 e. The Kier molecular flexibility index (Phi) is 13.1. The van der Waals surface area contributed by atoms with Gasteiger partial charge in [0.05, 0.1) is 63.2 Å². The molecule has 0 radical (unpaired) electrons. The minimum Gasteiger partial charge on any atom is -0.395 e. The Bertz CT molecular complexity index is 1320. The van der Waals surface area contributed by atoms with Gasteiger partial charge in [-0.25, -0.2) is 23.6 Å². The number of carbonyl (C=O) groups excluding carboxylic acids is 1. The third-order valence-corrected chi connectivity index (χ3v) is 9.36. The molecule has 4 N–H and O–H groups in total. The number of nitrogens with zero attached hydrogens (tertiary/aromatic N) is 2. The van der Waals surface area contributed by atoms with Crippen LogP contribution in [0.2, 0.25) is 10.0 Å². The molecule has 2 aromatic carbocycles. The predicted molar refractivity (Wildman–Crippen MR) is 162 cm³/mol. The zero-order valence-electron chi connectivity index (χ0n) is 24.0. The highest BCUT2D eigenvalue weighted by molar-refractivity contribution is 7.89. The van der Waals surface area contributed by atoms with Crippen LogP contribution in [-0.4, -0.2) is 115 Å². The molecule has 0 bridgehead atoms. The normalized spacial score (nSPS) is 21.3. The van der Waals surface area contributed by atoms with E-state index in [1.807, 2.05) is 19.2 Å². The minimum atomic E-state index is -3.74. The number of benzene rings is 2. The molecule has 4 rings (SSSR count). The number of ether oxygens (including phenoxy) is 3. The maximum atomic E-state index is 13.0. The van der Waals surface area contributed by atoms with Crippen LogP contribution in [-0.2, 0) is 35.6 Å². The number of likely N-dealkylation sites (N-methyl/N-ethyl adjacent to an activating group) is 1. The number of nitrogens with one attached hydrogen (secondary N) is 3. The van der Waals surface area contributed by atoms with Gasteiger partial charge in [-0.1, -0.05) is 35.3 Å². The molecule has 1 saturated heterocycles. The molecule has 0 amide bonds. The van der Waals surface area contributed by atoms with Crippen molar-refractivity contribution in [3.05, 3.63) is 63.1 Å². The van der Waals surface area contributed by atoms with E-state index < -0.39 is 16.1 Å². The first-order chi connectivity index (χ1) is 20.7. The molecule has 0 saturated carbocycles. The quantitative estimate of drug-likeness (QED) is 0.144. The molecular formula is C28H39Cl2N5O7S. The second-order valence-corrected chi connectivity index (χ2v) is 13.0. The van der Waals surface area contributed by atoms with Crippen molar-refractivity contribution in [1.29, 1.82) is 0 Å². The van der Waals surface area contributed by atoms with Gasteiger partial charge in [-0.15, -0.1) is 0 Å². The van der Waals surface area contributed by atoms with E-state index in [2.05, 4.69) is 20.6 Å². The van der Waals surface area contributed by atoms with E-state index in [9.17, 15) is 18.3 Å². The maximum absolute atomic E-state index is 13.0. The summed E-state index contributed by atoms with van der Waals surface area (Å²) in [5.41, 5.74) is 8.53. The number of aldehydes is 1. The summed E-state index contributed by atoms with van der Waals surface area (Å²) >= 11 is 12.8. The standard InChI is InChI=1S/C28H39Cl2N5O7S/c1-34-16-24(23-14-21(29)15-26(30)25(23)17-34)20-3-2-4-22(13-20)43(38,39)31-5-7-40-9-11-42-12-10-41-8-6-35-28(19-37)27(18-36)32-33-35/h2-4,13-15,18,24,27-28,31-33,37H,5-12,16-17,19H2,1H3. The van der Waals surface area contributed by atoms with Crippen LogP contribution in [0.4, 0.5) is 0 Å². The van der Waals surface area contributed by atoms with Crippen LogP contribution in [0.1, 0.15) is 22.6 Å². The molecule has 2 aromatic rings. The van der Waals surface area contributed by atoms with Crippen LogP contribution in [0.5, 0.6) is 0 Å². The molecule has 1 fully saturated rings. The number of hydrazine groups is 2. The van der Waals surface area contributed by atoms with E-state index in [1.54, 1.807) is 29.3 Å². The van der Waals surface area contributed by atoms with E-state index >= 15 is 0 Å². The Labute approximate surface area is 262 Å². The van der Waals surface area contributed by atoms with Crippen molar-refractivity contribution in [2.45, 2.75) is 29.4 Å². The van der Waals surface area contributed by atoms with Gasteiger partial charge in [-0.2, -0.15) is 5.53 Å². The lowest BCUT2D eigenvalue weighted by atomic mass is 9.85. The number of hydrogen-bond donors (Lipinski definition) is 4. The number of aliphatic hydroxyl groups is 1. The number of carbonyl (C=O) groups is 1. The molecule has 0 aromatic heterocycles. The maximum Gasteiger partial charge on any atom is 0.240 e. The van der Waals surface area contributed by atoms with E-state index in [-0.39, 0.29) is 36.6 Å². The highest BCUT2D eigenvalue weighted by Crippen LogP contribution is 2.38. The Balaban J connectivity index is 1.13. The molecule has 3 atom stereocenters. The van der Waals surface area contributed by atoms with E-state index in [4.69, 9.17) is 37.4 Å². The summed E-state index contributed by atoms with van der Waals surface area (Å²) < 4.78 is 45.1. The molecule has 3 unspecified atom stereocenters. The van der Waals surface area contributed by atoms with Gasteiger partial charge < -0.3 is 29.0 Å². The number of sulfonamides is 1. The fourth-order valence-electron chi connectivity index (χ4n) is 5.15. The largest absolute Gasteiger partial charge is 0.395 e. The first kappa shape index (κ1) is 34.2. The SMILES string of the molecule is CN1Cc2c(Cl)cc(Cl)cc2C(c2cccc(S(=O)(=O)NCCOCCOCCOCCN3NNC(C=O)C3CO)c2)C1. The van der Waals surface area contributed by atoms with E-state index in [1.165, 1.54) is 0 Å². The van der Waals surface area contributed by atoms with Crippen molar-refractivity contribution >= 4 is 39.5 Å². The fraction of sp³-hybridized carbons (Fsp3) is 0.536. The Morgan fingerprint density at radius 1 is 1.07 bits per heavy atom. The second-order valence-electron chi connectivity index (χ2n) is 10.4. The zero-order valence-corrected chi connectivity index (χ0v) is 26.3. The first-order valence-corrected chi connectivity index (χ1v) is 16.3. The van der Waals surface area contributed by atoms with E-state index in [0.717, 1.165) is 23.0 Å². The molecule has 12 nitrogen and oxygen atoms in total. The third kappa shape index (κ3) is 9.39. The average Bonchev–Trinajstić information content (AvgIpc) is 3.39. The van der Waals surface area contributed by atoms with Gasteiger partial charge in [0.1, 0.15) is 6.29 Å². The van der Waals surface area contributed by atoms with Crippen LogP contribution in [0.25, 0.3) is 0 Å². The van der Waals surface area contributed by atoms with Gasteiger partial charge in [-0.3, -0.25) is 0 Å². The van der Waals surface area contributed by atoms with Crippen molar-refractivity contribution in [1.82, 2.24) is 25.6 Å². The number of fused-ring (bicyclic) bond motifs is 1. The van der Waals surface area contributed by atoms with Crippen LogP contribution in [0.3, 0.4) is 0 Å². The number of rotatable bonds is 17. The first-order valence-electron chi connectivity index (χ1n) is 14.1. The van der Waals surface area contributed by atoms with E-state index in [0.29, 0.717) is 62.7 Å². The third-order valence-electron chi connectivity index (χ3n) is 7.35. The molecule has 0 aliphatic carbocycles. The lowest BCUT2D eigenvalue weighted by molar-refractivity contribution is -0.110. The van der Waals surface area contributed by atoms with Crippen molar-refractivity contribution in [2.24, 2.45) is 0 Å². The molecule has 15 heteroatoms. The van der Waals surface area contributed by atoms with Gasteiger partial charge in [0.15, 0.2) is 0 Å². The molecule has 2 aliphatic rings. The molecule has 2 aliphatic heterocycles. The minimum absolute atomic E-state index is 0.0667. The van der Waals surface area contributed by atoms with Crippen molar-refractivity contribution in [3.8, 4) is 0 Å². The van der Waals surface area contributed by atoms with Gasteiger partial charge in [0.25, 0.3) is 0 Å². The second kappa shape index (κ2) is 16.5. The van der Waals surface area contributed by atoms with Crippen LogP contribution < -0.4 is 15.7 Å². The zero-order chi connectivity index (χ0) is 30.8. The monoisotopic (exact) mass is 659 g/mol. The van der Waals surface area contributed by atoms with Gasteiger partial charge >= 0.3 is 0 Å². The number of halogens is 2. The lowest BCUT2D eigenvalue weighted by Gasteiger charge is -2.33. The molecule has 43 heavy (non-hydrogen) atoms. The number of aliphatic hydroxyl groups excluding tert-OH is 1. The van der Waals surface area contributed by atoms with Crippen molar-refractivity contribution < 1.29 is 32.5 Å². The van der Waals surface area contributed by atoms with Gasteiger partial charge in [0.2, 0.25) is 10.0 Å². The summed E-state index contributed by atoms with van der Waals surface area (Å²) in [4.78, 5) is 13.3. The summed E-state index contributed by atoms with van der Waals surface area (Å²) in [6.07, 6.45) is 0.753. The average molecular weight is 661 g/mol. The Morgan fingerprint density at radius 3 is 2.51 bits per heavy atom.